The fourth-order valence-corrected chi connectivity index (χ4v) is 2.52. The third-order valence-corrected chi connectivity index (χ3v) is 3.67. The molecule has 1 aliphatic rings. The van der Waals surface area contributed by atoms with Gasteiger partial charge in [-0.3, -0.25) is 0 Å². The molecule has 1 saturated heterocycles. The van der Waals surface area contributed by atoms with Crippen LogP contribution in [-0.4, -0.2) is 65.7 Å². The molecule has 2 aromatic rings. The summed E-state index contributed by atoms with van der Waals surface area (Å²) in [6, 6.07) is -0.547. The molecule has 20 heavy (non-hydrogen) atoms. The third kappa shape index (κ3) is 1.91. The van der Waals surface area contributed by atoms with Gasteiger partial charge in [-0.2, -0.15) is 0 Å². The molecular formula is C11H16N6O3. The SMILES string of the molecule is Nc1ncnc2c1ncn2C[C@]1(O)CN[C@H](CO)[C@H]1O. The van der Waals surface area contributed by atoms with Crippen LogP contribution in [-0.2, 0) is 6.54 Å². The van der Waals surface area contributed by atoms with Crippen LogP contribution in [0.15, 0.2) is 12.7 Å². The third-order valence-electron chi connectivity index (χ3n) is 3.67. The van der Waals surface area contributed by atoms with E-state index in [9.17, 15) is 10.2 Å². The molecule has 1 aliphatic heterocycles. The van der Waals surface area contributed by atoms with Crippen molar-refractivity contribution >= 4 is 17.0 Å². The van der Waals surface area contributed by atoms with E-state index in [-0.39, 0.29) is 25.5 Å². The summed E-state index contributed by atoms with van der Waals surface area (Å²) >= 11 is 0. The van der Waals surface area contributed by atoms with Gasteiger partial charge in [-0.15, -0.1) is 0 Å². The van der Waals surface area contributed by atoms with E-state index in [1.807, 2.05) is 0 Å². The van der Waals surface area contributed by atoms with Crippen LogP contribution >= 0.6 is 0 Å². The molecule has 6 N–H and O–H groups in total. The van der Waals surface area contributed by atoms with E-state index in [1.165, 1.54) is 12.7 Å². The van der Waals surface area contributed by atoms with Gasteiger partial charge in [0.2, 0.25) is 0 Å². The van der Waals surface area contributed by atoms with Gasteiger partial charge in [-0.25, -0.2) is 15.0 Å². The zero-order valence-electron chi connectivity index (χ0n) is 10.6. The number of β-amino-alcohol motifs (C(OH)–C–C–N with tert-alkyl or cyclic N) is 1. The van der Waals surface area contributed by atoms with E-state index >= 15 is 0 Å². The number of aliphatic hydroxyl groups is 3. The quantitative estimate of drug-likeness (QED) is 0.414. The molecular weight excluding hydrogens is 264 g/mol. The number of nitrogens with one attached hydrogen (secondary N) is 1. The van der Waals surface area contributed by atoms with Crippen molar-refractivity contribution in [2.45, 2.75) is 24.3 Å². The summed E-state index contributed by atoms with van der Waals surface area (Å²) in [5.74, 6) is 0.263. The van der Waals surface area contributed by atoms with E-state index in [0.29, 0.717) is 11.2 Å². The first-order chi connectivity index (χ1) is 9.55. The number of aromatic nitrogens is 4. The fourth-order valence-electron chi connectivity index (χ4n) is 2.52. The van der Waals surface area contributed by atoms with Gasteiger partial charge in [-0.1, -0.05) is 0 Å². The minimum absolute atomic E-state index is 0.0879. The van der Waals surface area contributed by atoms with Crippen LogP contribution in [0.4, 0.5) is 5.82 Å². The van der Waals surface area contributed by atoms with Gasteiger partial charge in [0.1, 0.15) is 23.5 Å². The Morgan fingerprint density at radius 3 is 2.95 bits per heavy atom. The summed E-state index contributed by atoms with van der Waals surface area (Å²) in [5, 5.41) is 32.6. The Balaban J connectivity index is 1.92. The normalized spacial score (nSPS) is 30.1. The van der Waals surface area contributed by atoms with Crippen LogP contribution in [0.25, 0.3) is 11.2 Å². The molecule has 0 spiro atoms. The van der Waals surface area contributed by atoms with Crippen molar-refractivity contribution in [1.29, 1.82) is 0 Å². The monoisotopic (exact) mass is 280 g/mol. The number of aliphatic hydroxyl groups excluding tert-OH is 2. The molecule has 0 unspecified atom stereocenters. The van der Waals surface area contributed by atoms with Crippen LogP contribution in [0, 0.1) is 0 Å². The van der Waals surface area contributed by atoms with E-state index < -0.39 is 17.7 Å². The highest BCUT2D eigenvalue weighted by atomic mass is 16.3. The average molecular weight is 280 g/mol. The lowest BCUT2D eigenvalue weighted by atomic mass is 9.96. The summed E-state index contributed by atoms with van der Waals surface area (Å²) in [5.41, 5.74) is 5.24. The molecule has 3 atom stereocenters. The summed E-state index contributed by atoms with van der Waals surface area (Å²) in [7, 11) is 0. The molecule has 108 valence electrons. The molecule has 2 aromatic heterocycles. The van der Waals surface area contributed by atoms with Crippen molar-refractivity contribution in [1.82, 2.24) is 24.8 Å². The van der Waals surface area contributed by atoms with Gasteiger partial charge < -0.3 is 30.9 Å². The van der Waals surface area contributed by atoms with E-state index in [2.05, 4.69) is 20.3 Å². The second kappa shape index (κ2) is 4.63. The minimum Gasteiger partial charge on any atom is -0.395 e. The molecule has 3 heterocycles. The highest BCUT2D eigenvalue weighted by Gasteiger charge is 2.46. The zero-order valence-corrected chi connectivity index (χ0v) is 10.6. The number of nitrogen functional groups attached to an aromatic ring is 1. The Morgan fingerprint density at radius 2 is 2.25 bits per heavy atom. The van der Waals surface area contributed by atoms with Crippen LogP contribution < -0.4 is 11.1 Å². The predicted molar refractivity (Wildman–Crippen MR) is 69.6 cm³/mol. The second-order valence-corrected chi connectivity index (χ2v) is 5.02. The summed E-state index contributed by atoms with van der Waals surface area (Å²) in [4.78, 5) is 12.0. The smallest absolute Gasteiger partial charge is 0.165 e. The van der Waals surface area contributed by atoms with E-state index in [1.54, 1.807) is 4.57 Å². The molecule has 9 heteroatoms. The highest BCUT2D eigenvalue weighted by Crippen LogP contribution is 2.24. The van der Waals surface area contributed by atoms with E-state index in [4.69, 9.17) is 10.8 Å². The number of nitrogens with two attached hydrogens (primary N) is 1. The lowest BCUT2D eigenvalue weighted by Gasteiger charge is -2.27. The first-order valence-corrected chi connectivity index (χ1v) is 6.21. The Bertz CT molecular complexity index is 632. The number of rotatable bonds is 3. The Hall–Kier alpha value is -1.81. The Morgan fingerprint density at radius 1 is 1.45 bits per heavy atom. The van der Waals surface area contributed by atoms with Crippen molar-refractivity contribution in [2.24, 2.45) is 0 Å². The topological polar surface area (TPSA) is 142 Å². The van der Waals surface area contributed by atoms with Gasteiger partial charge in [0.15, 0.2) is 11.5 Å². The molecule has 0 aromatic carbocycles. The predicted octanol–water partition coefficient (Wildman–Crippen LogP) is -2.54. The van der Waals surface area contributed by atoms with Crippen molar-refractivity contribution in [2.75, 3.05) is 18.9 Å². The fraction of sp³-hybridized carbons (Fsp3) is 0.545. The molecule has 0 radical (unpaired) electrons. The Kier molecular flexibility index (Phi) is 3.05. The van der Waals surface area contributed by atoms with Crippen LogP contribution in [0.5, 0.6) is 0 Å². The first-order valence-electron chi connectivity index (χ1n) is 6.21. The number of nitrogens with zero attached hydrogens (tertiary/aromatic N) is 4. The number of fused-ring (bicyclic) bond motifs is 1. The summed E-state index contributed by atoms with van der Waals surface area (Å²) < 4.78 is 1.61. The maximum atomic E-state index is 10.5. The van der Waals surface area contributed by atoms with Gasteiger partial charge in [0, 0.05) is 6.54 Å². The second-order valence-electron chi connectivity index (χ2n) is 5.02. The van der Waals surface area contributed by atoms with E-state index in [0.717, 1.165) is 0 Å². The molecule has 0 amide bonds. The van der Waals surface area contributed by atoms with Gasteiger partial charge in [0.05, 0.1) is 25.5 Å². The van der Waals surface area contributed by atoms with Gasteiger partial charge in [0.25, 0.3) is 0 Å². The first kappa shape index (κ1) is 13.2. The highest BCUT2D eigenvalue weighted by molar-refractivity contribution is 5.81. The lowest BCUT2D eigenvalue weighted by molar-refractivity contribution is -0.0641. The summed E-state index contributed by atoms with van der Waals surface area (Å²) in [6.45, 7) is 0.00746. The molecule has 0 bridgehead atoms. The van der Waals surface area contributed by atoms with Crippen molar-refractivity contribution in [3.05, 3.63) is 12.7 Å². The molecule has 0 aliphatic carbocycles. The Labute approximate surface area is 114 Å². The summed E-state index contributed by atoms with van der Waals surface area (Å²) in [6.07, 6.45) is 1.73. The zero-order chi connectivity index (χ0) is 14.3. The standard InChI is InChI=1S/C11H16N6O3/c12-9-7-10(15-4-14-9)17(5-16-7)3-11(20)2-13-6(1-18)8(11)19/h4-6,8,13,18-20H,1-3H2,(H2,12,14,15)/t6-,8-,11-/m1/s1. The molecule has 0 saturated carbocycles. The van der Waals surface area contributed by atoms with Crippen LogP contribution in [0.2, 0.25) is 0 Å². The molecule has 1 fully saturated rings. The average Bonchev–Trinajstić information content (AvgIpc) is 2.95. The largest absolute Gasteiger partial charge is 0.395 e. The number of hydrogen-bond donors (Lipinski definition) is 5. The lowest BCUT2D eigenvalue weighted by Crippen LogP contribution is -2.47. The maximum Gasteiger partial charge on any atom is 0.165 e. The molecule has 9 nitrogen and oxygen atoms in total. The van der Waals surface area contributed by atoms with Gasteiger partial charge >= 0.3 is 0 Å². The minimum atomic E-state index is -1.40. The van der Waals surface area contributed by atoms with Crippen LogP contribution in [0.3, 0.4) is 0 Å². The number of hydrogen-bond acceptors (Lipinski definition) is 8. The van der Waals surface area contributed by atoms with Crippen LogP contribution in [0.1, 0.15) is 0 Å². The van der Waals surface area contributed by atoms with Crippen molar-refractivity contribution < 1.29 is 15.3 Å². The maximum absolute atomic E-state index is 10.5. The number of anilines is 1. The van der Waals surface area contributed by atoms with Crippen molar-refractivity contribution in [3.8, 4) is 0 Å². The van der Waals surface area contributed by atoms with Gasteiger partial charge in [-0.05, 0) is 0 Å². The number of imidazole rings is 1. The molecule has 3 rings (SSSR count). The van der Waals surface area contributed by atoms with Crippen molar-refractivity contribution in [3.63, 3.8) is 0 Å².